The number of aryl methyl sites for hydroxylation is 3. The molecule has 0 bridgehead atoms. The number of hydrogen-bond donors (Lipinski definition) is 1. The van der Waals surface area contributed by atoms with Gasteiger partial charge in [-0.05, 0) is 26.8 Å². The summed E-state index contributed by atoms with van der Waals surface area (Å²) < 4.78 is 0. The lowest BCUT2D eigenvalue weighted by Crippen LogP contribution is -2.08. The molecule has 0 aliphatic heterocycles. The molecule has 20 heavy (non-hydrogen) atoms. The van der Waals surface area contributed by atoms with Crippen molar-refractivity contribution in [2.24, 2.45) is 0 Å². The van der Waals surface area contributed by atoms with E-state index in [1.165, 1.54) is 21.1 Å². The minimum absolute atomic E-state index is 0.152. The van der Waals surface area contributed by atoms with E-state index in [-0.39, 0.29) is 5.56 Å². The molecule has 1 N–H and O–H groups in total. The number of rotatable bonds is 2. The van der Waals surface area contributed by atoms with Crippen LogP contribution in [0.4, 0.5) is 0 Å². The molecule has 3 heterocycles. The fourth-order valence-electron chi connectivity index (χ4n) is 2.04. The number of aromatic amines is 1. The SMILES string of the molecule is Cc1csc(-c2nc(-c3cc(C)sc3C)cc(=O)[nH]2)n1. The van der Waals surface area contributed by atoms with Gasteiger partial charge in [-0.15, -0.1) is 22.7 Å². The summed E-state index contributed by atoms with van der Waals surface area (Å²) in [6.45, 7) is 6.02. The molecular weight excluding hydrogens is 290 g/mol. The van der Waals surface area contributed by atoms with Crippen molar-refractivity contribution in [3.63, 3.8) is 0 Å². The van der Waals surface area contributed by atoms with Crippen LogP contribution in [0.5, 0.6) is 0 Å². The van der Waals surface area contributed by atoms with Crippen molar-refractivity contribution in [1.29, 1.82) is 0 Å². The standard InChI is InChI=1S/C14H13N3OS2/c1-7-6-19-14(15-7)13-16-11(5-12(18)17-13)10-4-8(2)20-9(10)3/h4-6H,1-3H3,(H,16,17,18). The first-order valence-electron chi connectivity index (χ1n) is 6.14. The van der Waals surface area contributed by atoms with Crippen LogP contribution >= 0.6 is 22.7 Å². The Morgan fingerprint density at radius 2 is 1.95 bits per heavy atom. The second-order valence-corrected chi connectivity index (χ2v) is 6.92. The van der Waals surface area contributed by atoms with Crippen molar-refractivity contribution in [2.45, 2.75) is 20.8 Å². The molecule has 0 aromatic carbocycles. The van der Waals surface area contributed by atoms with Crippen molar-refractivity contribution in [3.05, 3.63) is 43.3 Å². The van der Waals surface area contributed by atoms with Crippen molar-refractivity contribution < 1.29 is 0 Å². The Bertz CT molecular complexity index is 829. The molecule has 0 aliphatic carbocycles. The zero-order valence-corrected chi connectivity index (χ0v) is 13.0. The molecule has 0 unspecified atom stereocenters. The Hall–Kier alpha value is -1.79. The molecule has 0 aliphatic rings. The zero-order valence-electron chi connectivity index (χ0n) is 11.4. The topological polar surface area (TPSA) is 58.6 Å². The molecule has 0 saturated carbocycles. The molecule has 0 atom stereocenters. The number of nitrogens with zero attached hydrogens (tertiary/aromatic N) is 2. The van der Waals surface area contributed by atoms with Gasteiger partial charge in [0.05, 0.1) is 5.69 Å². The van der Waals surface area contributed by atoms with Crippen LogP contribution in [0.15, 0.2) is 22.3 Å². The van der Waals surface area contributed by atoms with Gasteiger partial charge in [0, 0.05) is 32.5 Å². The van der Waals surface area contributed by atoms with Gasteiger partial charge < -0.3 is 4.98 Å². The van der Waals surface area contributed by atoms with Crippen LogP contribution in [-0.4, -0.2) is 15.0 Å². The van der Waals surface area contributed by atoms with Gasteiger partial charge in [0.2, 0.25) is 0 Å². The van der Waals surface area contributed by atoms with Crippen LogP contribution in [0.1, 0.15) is 15.4 Å². The number of hydrogen-bond acceptors (Lipinski definition) is 5. The summed E-state index contributed by atoms with van der Waals surface area (Å²) in [6, 6.07) is 3.61. The van der Waals surface area contributed by atoms with Crippen LogP contribution in [-0.2, 0) is 0 Å². The maximum absolute atomic E-state index is 11.9. The molecule has 0 radical (unpaired) electrons. The first kappa shape index (κ1) is 13.2. The zero-order chi connectivity index (χ0) is 14.3. The van der Waals surface area contributed by atoms with Crippen LogP contribution in [0.2, 0.25) is 0 Å². The van der Waals surface area contributed by atoms with Gasteiger partial charge >= 0.3 is 0 Å². The highest BCUT2D eigenvalue weighted by atomic mass is 32.1. The van der Waals surface area contributed by atoms with Gasteiger partial charge in [0.25, 0.3) is 5.56 Å². The molecule has 3 rings (SSSR count). The number of thiazole rings is 1. The molecule has 0 saturated heterocycles. The normalized spacial score (nSPS) is 10.9. The molecule has 3 aromatic heterocycles. The Kier molecular flexibility index (Phi) is 3.27. The highest BCUT2D eigenvalue weighted by Gasteiger charge is 2.12. The number of H-pyrrole nitrogens is 1. The summed E-state index contributed by atoms with van der Waals surface area (Å²) in [5, 5.41) is 2.69. The predicted molar refractivity (Wildman–Crippen MR) is 83.5 cm³/mol. The molecule has 6 heteroatoms. The molecule has 0 amide bonds. The summed E-state index contributed by atoms with van der Waals surface area (Å²) in [5.74, 6) is 0.536. The van der Waals surface area contributed by atoms with Gasteiger partial charge in [-0.2, -0.15) is 0 Å². The van der Waals surface area contributed by atoms with Gasteiger partial charge in [-0.25, -0.2) is 9.97 Å². The third-order valence-electron chi connectivity index (χ3n) is 2.88. The molecule has 0 fully saturated rings. The van der Waals surface area contributed by atoms with E-state index in [0.717, 1.165) is 16.3 Å². The van der Waals surface area contributed by atoms with E-state index in [2.05, 4.69) is 27.9 Å². The number of aromatic nitrogens is 3. The fraction of sp³-hybridized carbons (Fsp3) is 0.214. The number of thiophene rings is 1. The van der Waals surface area contributed by atoms with Crippen molar-refractivity contribution in [3.8, 4) is 22.1 Å². The Labute approximate surface area is 124 Å². The van der Waals surface area contributed by atoms with E-state index < -0.39 is 0 Å². The van der Waals surface area contributed by atoms with Crippen LogP contribution in [0, 0.1) is 20.8 Å². The van der Waals surface area contributed by atoms with Crippen molar-refractivity contribution in [1.82, 2.24) is 15.0 Å². The molecule has 4 nitrogen and oxygen atoms in total. The van der Waals surface area contributed by atoms with E-state index >= 15 is 0 Å². The van der Waals surface area contributed by atoms with Gasteiger partial charge in [-0.3, -0.25) is 4.79 Å². The van der Waals surface area contributed by atoms with Gasteiger partial charge in [0.15, 0.2) is 10.8 Å². The minimum atomic E-state index is -0.152. The smallest absolute Gasteiger partial charge is 0.251 e. The third kappa shape index (κ3) is 2.44. The van der Waals surface area contributed by atoms with Crippen LogP contribution in [0.3, 0.4) is 0 Å². The Morgan fingerprint density at radius 1 is 1.15 bits per heavy atom. The fourth-order valence-corrected chi connectivity index (χ4v) is 3.72. The lowest BCUT2D eigenvalue weighted by molar-refractivity contribution is 1.11. The first-order chi connectivity index (χ1) is 9.52. The second-order valence-electron chi connectivity index (χ2n) is 4.60. The highest BCUT2D eigenvalue weighted by Crippen LogP contribution is 2.29. The lowest BCUT2D eigenvalue weighted by atomic mass is 10.2. The molecule has 3 aromatic rings. The monoisotopic (exact) mass is 303 g/mol. The second kappa shape index (κ2) is 4.96. The van der Waals surface area contributed by atoms with E-state index in [0.29, 0.717) is 11.5 Å². The quantitative estimate of drug-likeness (QED) is 0.787. The first-order valence-corrected chi connectivity index (χ1v) is 7.84. The maximum atomic E-state index is 11.9. The van der Waals surface area contributed by atoms with Crippen LogP contribution in [0.25, 0.3) is 22.1 Å². The van der Waals surface area contributed by atoms with Gasteiger partial charge in [0.1, 0.15) is 0 Å². The number of nitrogens with one attached hydrogen (secondary N) is 1. The van der Waals surface area contributed by atoms with E-state index in [1.54, 1.807) is 17.4 Å². The Balaban J connectivity index is 2.16. The van der Waals surface area contributed by atoms with E-state index in [9.17, 15) is 4.79 Å². The molecule has 0 spiro atoms. The molecule has 102 valence electrons. The van der Waals surface area contributed by atoms with E-state index in [1.807, 2.05) is 19.2 Å². The predicted octanol–water partition coefficient (Wildman–Crippen LogP) is 3.55. The van der Waals surface area contributed by atoms with Crippen molar-refractivity contribution >= 4 is 22.7 Å². The largest absolute Gasteiger partial charge is 0.304 e. The Morgan fingerprint density at radius 3 is 2.55 bits per heavy atom. The average Bonchev–Trinajstić information content (AvgIpc) is 2.94. The maximum Gasteiger partial charge on any atom is 0.251 e. The summed E-state index contributed by atoms with van der Waals surface area (Å²) in [7, 11) is 0. The molecular formula is C14H13N3OS2. The summed E-state index contributed by atoms with van der Waals surface area (Å²) in [4.78, 5) is 25.9. The summed E-state index contributed by atoms with van der Waals surface area (Å²) in [5.41, 5.74) is 2.51. The van der Waals surface area contributed by atoms with E-state index in [4.69, 9.17) is 0 Å². The lowest BCUT2D eigenvalue weighted by Gasteiger charge is -2.01. The third-order valence-corrected chi connectivity index (χ3v) is 4.81. The average molecular weight is 303 g/mol. The summed E-state index contributed by atoms with van der Waals surface area (Å²) >= 11 is 3.19. The minimum Gasteiger partial charge on any atom is -0.304 e. The highest BCUT2D eigenvalue weighted by molar-refractivity contribution is 7.13. The van der Waals surface area contributed by atoms with Crippen LogP contribution < -0.4 is 5.56 Å². The summed E-state index contributed by atoms with van der Waals surface area (Å²) in [6.07, 6.45) is 0. The van der Waals surface area contributed by atoms with Gasteiger partial charge in [-0.1, -0.05) is 0 Å². The van der Waals surface area contributed by atoms with Crippen molar-refractivity contribution in [2.75, 3.05) is 0 Å².